The van der Waals surface area contributed by atoms with E-state index in [-0.39, 0.29) is 18.8 Å². The van der Waals surface area contributed by atoms with E-state index in [1.165, 1.54) is 17.2 Å². The van der Waals surface area contributed by atoms with Crippen LogP contribution in [0.15, 0.2) is 12.7 Å². The molecular weight excluding hydrogens is 330 g/mol. The highest BCUT2D eigenvalue weighted by atomic mass is 16.6. The Hall–Kier alpha value is -2.30. The molecule has 3 heterocycles. The van der Waals surface area contributed by atoms with Crippen molar-refractivity contribution >= 4 is 23.0 Å². The summed E-state index contributed by atoms with van der Waals surface area (Å²) in [4.78, 5) is 23.7. The fourth-order valence-corrected chi connectivity index (χ4v) is 2.65. The lowest BCUT2D eigenvalue weighted by molar-refractivity contribution is -0.150. The first-order valence-electron chi connectivity index (χ1n) is 8.52. The Bertz CT molecular complexity index is 787. The number of esters is 1. The predicted octanol–water partition coefficient (Wildman–Crippen LogP) is -0.239. The molecule has 25 heavy (non-hydrogen) atoms. The molecule has 136 valence electrons. The first-order valence-corrected chi connectivity index (χ1v) is 7.94. The number of aliphatic hydroxyl groups is 2. The summed E-state index contributed by atoms with van der Waals surface area (Å²) >= 11 is 0. The molecule has 0 radical (unpaired) electrons. The maximum atomic E-state index is 11.7. The second-order valence-corrected chi connectivity index (χ2v) is 5.71. The molecule has 5 atom stereocenters. The zero-order valence-electron chi connectivity index (χ0n) is 14.6. The van der Waals surface area contributed by atoms with E-state index in [0.717, 1.165) is 0 Å². The number of hydrogen-bond acceptors (Lipinski definition) is 9. The normalized spacial score (nSPS) is 28.0. The van der Waals surface area contributed by atoms with Gasteiger partial charge in [-0.25, -0.2) is 15.0 Å². The molecule has 1 fully saturated rings. The first-order chi connectivity index (χ1) is 12.4. The van der Waals surface area contributed by atoms with Crippen LogP contribution in [0.25, 0.3) is 11.2 Å². The van der Waals surface area contributed by atoms with Crippen LogP contribution in [0, 0.1) is 0 Å². The third kappa shape index (κ3) is 3.41. The first kappa shape index (κ1) is 16.2. The number of carbonyl (C=O) groups is 1. The number of rotatable bonds is 6. The van der Waals surface area contributed by atoms with Crippen molar-refractivity contribution in [3.63, 3.8) is 0 Å². The second-order valence-electron chi connectivity index (χ2n) is 5.71. The lowest BCUT2D eigenvalue weighted by Gasteiger charge is -2.16. The van der Waals surface area contributed by atoms with Crippen molar-refractivity contribution in [2.24, 2.45) is 0 Å². The van der Waals surface area contributed by atoms with Gasteiger partial charge in [0.2, 0.25) is 0 Å². The number of hydrogen-bond donors (Lipinski definition) is 3. The van der Waals surface area contributed by atoms with Crippen molar-refractivity contribution in [3.05, 3.63) is 12.7 Å². The number of aromatic nitrogens is 4. The highest BCUT2D eigenvalue weighted by Crippen LogP contribution is 2.32. The summed E-state index contributed by atoms with van der Waals surface area (Å²) in [6.07, 6.45) is -1.79. The smallest absolute Gasteiger partial charge is 0.305 e. The van der Waals surface area contributed by atoms with Crippen LogP contribution in [-0.2, 0) is 14.3 Å². The summed E-state index contributed by atoms with van der Waals surface area (Å²) in [6, 6.07) is 0. The SMILES string of the molecule is [2H]C(CC)CC(=O)OC[C@H]1OC(n2cnc3c(N)ncnc32)[C@@H](O)[C@@H]1O. The quantitative estimate of drug-likeness (QED) is 0.599. The van der Waals surface area contributed by atoms with Crippen molar-refractivity contribution in [3.8, 4) is 0 Å². The van der Waals surface area contributed by atoms with E-state index in [2.05, 4.69) is 15.0 Å². The molecule has 10 heteroatoms. The number of ether oxygens (including phenoxy) is 2. The molecule has 0 spiro atoms. The molecule has 2 unspecified atom stereocenters. The highest BCUT2D eigenvalue weighted by Gasteiger charge is 2.44. The molecule has 1 aliphatic rings. The summed E-state index contributed by atoms with van der Waals surface area (Å²) in [5.41, 5.74) is 6.45. The average Bonchev–Trinajstić information content (AvgIpc) is 3.16. The van der Waals surface area contributed by atoms with E-state index < -0.39 is 36.9 Å². The molecule has 0 aliphatic carbocycles. The Labute approximate surface area is 145 Å². The van der Waals surface area contributed by atoms with Gasteiger partial charge in [-0.2, -0.15) is 0 Å². The molecule has 2 aromatic heterocycles. The van der Waals surface area contributed by atoms with Crippen LogP contribution in [-0.4, -0.2) is 60.6 Å². The van der Waals surface area contributed by atoms with Crippen LogP contribution < -0.4 is 5.73 Å². The van der Waals surface area contributed by atoms with E-state index in [0.29, 0.717) is 17.6 Å². The van der Waals surface area contributed by atoms with Gasteiger partial charge in [0, 0.05) is 7.79 Å². The van der Waals surface area contributed by atoms with E-state index >= 15 is 0 Å². The molecule has 0 saturated carbocycles. The molecule has 10 nitrogen and oxygen atoms in total. The van der Waals surface area contributed by atoms with Gasteiger partial charge < -0.3 is 25.4 Å². The summed E-state index contributed by atoms with van der Waals surface area (Å²) < 4.78 is 19.7. The van der Waals surface area contributed by atoms with Gasteiger partial charge >= 0.3 is 5.97 Å². The van der Waals surface area contributed by atoms with Gasteiger partial charge in [0.05, 0.1) is 6.33 Å². The summed E-state index contributed by atoms with van der Waals surface area (Å²) in [5.74, 6) is -0.359. The zero-order valence-corrected chi connectivity index (χ0v) is 13.6. The van der Waals surface area contributed by atoms with Crippen LogP contribution in [0.3, 0.4) is 0 Å². The Kier molecular flexibility index (Phi) is 4.72. The van der Waals surface area contributed by atoms with Gasteiger partial charge in [-0.15, -0.1) is 0 Å². The molecule has 0 amide bonds. The molecule has 0 aromatic carbocycles. The number of carbonyl (C=O) groups excluding carboxylic acids is 1. The largest absolute Gasteiger partial charge is 0.463 e. The fourth-order valence-electron chi connectivity index (χ4n) is 2.65. The van der Waals surface area contributed by atoms with E-state index in [1.54, 1.807) is 0 Å². The van der Waals surface area contributed by atoms with Crippen molar-refractivity contribution in [1.29, 1.82) is 0 Å². The minimum atomic E-state index is -1.27. The molecule has 0 bridgehead atoms. The second kappa shape index (κ2) is 7.30. The summed E-state index contributed by atoms with van der Waals surface area (Å²) in [5, 5.41) is 20.5. The molecule has 1 aliphatic heterocycles. The van der Waals surface area contributed by atoms with Gasteiger partial charge in [0.25, 0.3) is 0 Å². The van der Waals surface area contributed by atoms with E-state index in [4.69, 9.17) is 16.6 Å². The minimum Gasteiger partial charge on any atom is -0.463 e. The van der Waals surface area contributed by atoms with Gasteiger partial charge in [0.1, 0.15) is 36.8 Å². The Morgan fingerprint density at radius 2 is 2.24 bits per heavy atom. The molecular formula is C15H21N5O5. The fraction of sp³-hybridized carbons (Fsp3) is 0.600. The zero-order chi connectivity index (χ0) is 18.8. The van der Waals surface area contributed by atoms with Gasteiger partial charge in [-0.1, -0.05) is 13.3 Å². The van der Waals surface area contributed by atoms with Crippen molar-refractivity contribution in [1.82, 2.24) is 19.5 Å². The molecule has 3 rings (SSSR count). The van der Waals surface area contributed by atoms with Crippen molar-refractivity contribution in [2.45, 2.75) is 50.7 Å². The predicted molar refractivity (Wildman–Crippen MR) is 86.1 cm³/mol. The van der Waals surface area contributed by atoms with Crippen molar-refractivity contribution in [2.75, 3.05) is 12.3 Å². The van der Waals surface area contributed by atoms with E-state index in [9.17, 15) is 15.0 Å². The Morgan fingerprint density at radius 3 is 3.00 bits per heavy atom. The van der Waals surface area contributed by atoms with Crippen LogP contribution >= 0.6 is 0 Å². The number of anilines is 1. The number of imidazole rings is 1. The monoisotopic (exact) mass is 352 g/mol. The van der Waals surface area contributed by atoms with Gasteiger partial charge in [0.15, 0.2) is 17.7 Å². The number of nitrogens with two attached hydrogens (primary N) is 1. The highest BCUT2D eigenvalue weighted by molar-refractivity contribution is 5.81. The minimum absolute atomic E-state index is 0.0341. The maximum Gasteiger partial charge on any atom is 0.305 e. The van der Waals surface area contributed by atoms with Crippen LogP contribution in [0.4, 0.5) is 5.82 Å². The maximum absolute atomic E-state index is 11.7. The molecule has 2 aromatic rings. The van der Waals surface area contributed by atoms with Crippen LogP contribution in [0.1, 0.15) is 33.8 Å². The lowest BCUT2D eigenvalue weighted by Crippen LogP contribution is -2.34. The average molecular weight is 352 g/mol. The third-order valence-corrected chi connectivity index (χ3v) is 4.01. The summed E-state index contributed by atoms with van der Waals surface area (Å²) in [7, 11) is 0. The Balaban J connectivity index is 1.69. The van der Waals surface area contributed by atoms with Crippen molar-refractivity contribution < 1.29 is 25.9 Å². The third-order valence-electron chi connectivity index (χ3n) is 4.01. The Morgan fingerprint density at radius 1 is 1.44 bits per heavy atom. The lowest BCUT2D eigenvalue weighted by atomic mass is 10.1. The number of fused-ring (bicyclic) bond motifs is 1. The molecule has 4 N–H and O–H groups in total. The number of nitrogen functional groups attached to an aromatic ring is 1. The van der Waals surface area contributed by atoms with Gasteiger partial charge in [-0.3, -0.25) is 9.36 Å². The molecule has 1 saturated heterocycles. The number of aliphatic hydroxyl groups excluding tert-OH is 2. The number of nitrogens with zero attached hydrogens (tertiary/aromatic N) is 4. The van der Waals surface area contributed by atoms with Crippen LogP contribution in [0.2, 0.25) is 0 Å². The topological polar surface area (TPSA) is 146 Å². The van der Waals surface area contributed by atoms with Crippen LogP contribution in [0.5, 0.6) is 0 Å². The standard InChI is InChI=1S/C15H21N5O5/c1-2-3-4-9(21)24-5-8-11(22)12(23)15(25-8)20-7-19-10-13(16)17-6-18-14(10)20/h6-8,11-12,15,22-23H,2-5H2,1H3,(H2,16,17,18)/t8-,11-,12+,15?/m1/s1/i3D/t3?,8-,11-,12+,15?. The summed E-state index contributed by atoms with van der Waals surface area (Å²) in [6.45, 7) is 1.58. The van der Waals surface area contributed by atoms with Gasteiger partial charge in [-0.05, 0) is 6.40 Å². The van der Waals surface area contributed by atoms with E-state index in [1.807, 2.05) is 6.92 Å².